The highest BCUT2D eigenvalue weighted by Crippen LogP contribution is 2.20. The first-order valence-corrected chi connectivity index (χ1v) is 7.61. The normalized spacial score (nSPS) is 13.1. The first-order valence-electron chi connectivity index (χ1n) is 6.12. The quantitative estimate of drug-likeness (QED) is 0.852. The van der Waals surface area contributed by atoms with Crippen LogP contribution in [0.4, 0.5) is 14.5 Å². The van der Waals surface area contributed by atoms with Gasteiger partial charge in [-0.15, -0.1) is 0 Å². The molecule has 0 radical (unpaired) electrons. The Balaban J connectivity index is 2.29. The predicted octanol–water partition coefficient (Wildman–Crippen LogP) is 2.59. The standard InChI is InChI=1S/C14H14F2N2O2S/c1-9(10-3-2-4-12(17)7-10)18-21(19,20)14-6-5-11(15)8-13(14)16/h2-9,18H,17H2,1H3. The topological polar surface area (TPSA) is 72.2 Å². The van der Waals surface area contributed by atoms with Crippen LogP contribution in [0.2, 0.25) is 0 Å². The van der Waals surface area contributed by atoms with Crippen molar-refractivity contribution in [3.05, 3.63) is 59.7 Å². The summed E-state index contributed by atoms with van der Waals surface area (Å²) in [6.45, 7) is 1.60. The number of hydrogen-bond donors (Lipinski definition) is 2. The van der Waals surface area contributed by atoms with E-state index < -0.39 is 32.6 Å². The Morgan fingerprint density at radius 1 is 1.14 bits per heavy atom. The molecular weight excluding hydrogens is 298 g/mol. The molecule has 1 unspecified atom stereocenters. The van der Waals surface area contributed by atoms with Gasteiger partial charge in [-0.1, -0.05) is 12.1 Å². The summed E-state index contributed by atoms with van der Waals surface area (Å²) in [5.41, 5.74) is 6.77. The van der Waals surface area contributed by atoms with E-state index in [1.807, 2.05) is 0 Å². The van der Waals surface area contributed by atoms with E-state index >= 15 is 0 Å². The monoisotopic (exact) mass is 312 g/mol. The van der Waals surface area contributed by atoms with Gasteiger partial charge in [-0.25, -0.2) is 21.9 Å². The lowest BCUT2D eigenvalue weighted by Gasteiger charge is -2.15. The van der Waals surface area contributed by atoms with Gasteiger partial charge in [0.25, 0.3) is 0 Å². The zero-order valence-electron chi connectivity index (χ0n) is 11.2. The Morgan fingerprint density at radius 3 is 2.48 bits per heavy atom. The van der Waals surface area contributed by atoms with Gasteiger partial charge in [-0.2, -0.15) is 0 Å². The molecule has 3 N–H and O–H groups in total. The largest absolute Gasteiger partial charge is 0.399 e. The van der Waals surface area contributed by atoms with Crippen molar-refractivity contribution in [2.24, 2.45) is 0 Å². The van der Waals surface area contributed by atoms with Crippen molar-refractivity contribution in [2.75, 3.05) is 5.73 Å². The number of anilines is 1. The maximum absolute atomic E-state index is 13.6. The SMILES string of the molecule is CC(NS(=O)(=O)c1ccc(F)cc1F)c1cccc(N)c1. The summed E-state index contributed by atoms with van der Waals surface area (Å²) >= 11 is 0. The third-order valence-corrected chi connectivity index (χ3v) is 4.50. The fourth-order valence-electron chi connectivity index (χ4n) is 1.89. The average molecular weight is 312 g/mol. The van der Waals surface area contributed by atoms with Crippen LogP contribution in [0.1, 0.15) is 18.5 Å². The molecule has 0 spiro atoms. The second-order valence-electron chi connectivity index (χ2n) is 4.59. The van der Waals surface area contributed by atoms with Gasteiger partial charge in [0.2, 0.25) is 10.0 Å². The van der Waals surface area contributed by atoms with E-state index in [0.717, 1.165) is 12.1 Å². The van der Waals surface area contributed by atoms with E-state index in [1.54, 1.807) is 31.2 Å². The summed E-state index contributed by atoms with van der Waals surface area (Å²) in [5, 5.41) is 0. The molecule has 0 amide bonds. The molecule has 0 aliphatic rings. The van der Waals surface area contributed by atoms with E-state index in [-0.39, 0.29) is 0 Å². The molecule has 0 aliphatic heterocycles. The van der Waals surface area contributed by atoms with Gasteiger partial charge in [0.05, 0.1) is 0 Å². The number of sulfonamides is 1. The predicted molar refractivity (Wildman–Crippen MR) is 75.9 cm³/mol. The first-order chi connectivity index (χ1) is 9.79. The molecule has 0 aromatic heterocycles. The van der Waals surface area contributed by atoms with E-state index in [4.69, 9.17) is 5.73 Å². The summed E-state index contributed by atoms with van der Waals surface area (Å²) in [7, 11) is -4.10. The number of hydrogen-bond acceptors (Lipinski definition) is 3. The molecule has 2 aromatic rings. The Morgan fingerprint density at radius 2 is 1.86 bits per heavy atom. The lowest BCUT2D eigenvalue weighted by molar-refractivity contribution is 0.536. The van der Waals surface area contributed by atoms with Crippen molar-refractivity contribution in [3.8, 4) is 0 Å². The fraction of sp³-hybridized carbons (Fsp3) is 0.143. The molecule has 2 aromatic carbocycles. The van der Waals surface area contributed by atoms with Gasteiger partial charge in [-0.05, 0) is 36.8 Å². The van der Waals surface area contributed by atoms with Gasteiger partial charge < -0.3 is 5.73 Å². The molecule has 0 fully saturated rings. The smallest absolute Gasteiger partial charge is 0.244 e. The molecule has 7 heteroatoms. The fourth-order valence-corrected chi connectivity index (χ4v) is 3.18. The van der Waals surface area contributed by atoms with Crippen molar-refractivity contribution >= 4 is 15.7 Å². The third kappa shape index (κ3) is 3.56. The van der Waals surface area contributed by atoms with Gasteiger partial charge in [0.15, 0.2) is 0 Å². The van der Waals surface area contributed by atoms with Crippen LogP contribution < -0.4 is 10.5 Å². The Bertz CT molecular complexity index is 763. The second kappa shape index (κ2) is 5.79. The summed E-state index contributed by atoms with van der Waals surface area (Å²) in [5.74, 6) is -1.97. The van der Waals surface area contributed by atoms with Crippen LogP contribution in [0.25, 0.3) is 0 Å². The number of nitrogens with two attached hydrogens (primary N) is 1. The summed E-state index contributed by atoms with van der Waals surface area (Å²) in [6.07, 6.45) is 0. The lowest BCUT2D eigenvalue weighted by Crippen LogP contribution is -2.27. The highest BCUT2D eigenvalue weighted by Gasteiger charge is 2.22. The van der Waals surface area contributed by atoms with Crippen LogP contribution in [0.5, 0.6) is 0 Å². The number of nitrogens with one attached hydrogen (secondary N) is 1. The van der Waals surface area contributed by atoms with Crippen molar-refractivity contribution in [1.29, 1.82) is 0 Å². The van der Waals surface area contributed by atoms with Gasteiger partial charge in [0, 0.05) is 17.8 Å². The van der Waals surface area contributed by atoms with E-state index in [1.165, 1.54) is 0 Å². The summed E-state index contributed by atoms with van der Waals surface area (Å²) in [4.78, 5) is -0.598. The zero-order valence-corrected chi connectivity index (χ0v) is 12.0. The molecular formula is C14H14F2N2O2S. The minimum Gasteiger partial charge on any atom is -0.399 e. The first kappa shape index (κ1) is 15.4. The molecule has 21 heavy (non-hydrogen) atoms. The Kier molecular flexibility index (Phi) is 4.24. The van der Waals surface area contributed by atoms with E-state index in [2.05, 4.69) is 4.72 Å². The van der Waals surface area contributed by atoms with Crippen molar-refractivity contribution in [1.82, 2.24) is 4.72 Å². The van der Waals surface area contributed by atoms with E-state index in [0.29, 0.717) is 17.3 Å². The molecule has 0 aliphatic carbocycles. The van der Waals surface area contributed by atoms with Crippen molar-refractivity contribution < 1.29 is 17.2 Å². The Hall–Kier alpha value is -1.99. The number of rotatable bonds is 4. The van der Waals surface area contributed by atoms with Gasteiger partial charge >= 0.3 is 0 Å². The van der Waals surface area contributed by atoms with Crippen LogP contribution in [-0.4, -0.2) is 8.42 Å². The van der Waals surface area contributed by atoms with Gasteiger partial charge in [-0.3, -0.25) is 0 Å². The Labute approximate surface area is 121 Å². The summed E-state index contributed by atoms with van der Waals surface area (Å²) < 4.78 is 53.0. The van der Waals surface area contributed by atoms with E-state index in [9.17, 15) is 17.2 Å². The molecule has 0 heterocycles. The van der Waals surface area contributed by atoms with Crippen LogP contribution in [0, 0.1) is 11.6 Å². The minimum absolute atomic E-state index is 0.492. The minimum atomic E-state index is -4.10. The maximum Gasteiger partial charge on any atom is 0.244 e. The number of halogens is 2. The molecule has 0 saturated carbocycles. The molecule has 112 valence electrons. The van der Waals surface area contributed by atoms with Crippen molar-refractivity contribution in [2.45, 2.75) is 17.9 Å². The third-order valence-electron chi connectivity index (χ3n) is 2.93. The van der Waals surface area contributed by atoms with Crippen LogP contribution in [-0.2, 0) is 10.0 Å². The molecule has 0 saturated heterocycles. The van der Waals surface area contributed by atoms with Crippen LogP contribution in [0.15, 0.2) is 47.4 Å². The highest BCUT2D eigenvalue weighted by molar-refractivity contribution is 7.89. The van der Waals surface area contributed by atoms with Crippen LogP contribution in [0.3, 0.4) is 0 Å². The number of nitrogen functional groups attached to an aromatic ring is 1. The molecule has 1 atom stereocenters. The molecule has 4 nitrogen and oxygen atoms in total. The maximum atomic E-state index is 13.6. The second-order valence-corrected chi connectivity index (χ2v) is 6.27. The van der Waals surface area contributed by atoms with Gasteiger partial charge in [0.1, 0.15) is 16.5 Å². The average Bonchev–Trinajstić information content (AvgIpc) is 2.37. The van der Waals surface area contributed by atoms with Crippen LogP contribution >= 0.6 is 0 Å². The lowest BCUT2D eigenvalue weighted by atomic mass is 10.1. The van der Waals surface area contributed by atoms with Crippen molar-refractivity contribution in [3.63, 3.8) is 0 Å². The molecule has 2 rings (SSSR count). The summed E-state index contributed by atoms with van der Waals surface area (Å²) in [6, 6.07) is 8.38. The number of benzene rings is 2. The zero-order chi connectivity index (χ0) is 15.6. The molecule has 0 bridgehead atoms. The highest BCUT2D eigenvalue weighted by atomic mass is 32.2.